The van der Waals surface area contributed by atoms with Crippen LogP contribution in [0.2, 0.25) is 5.02 Å². The fourth-order valence-electron chi connectivity index (χ4n) is 3.06. The zero-order chi connectivity index (χ0) is 14.3. The van der Waals surface area contributed by atoms with Crippen LogP contribution in [0, 0.1) is 24.6 Å². The molecule has 0 spiro atoms. The van der Waals surface area contributed by atoms with Gasteiger partial charge in [-0.25, -0.2) is 4.39 Å². The van der Waals surface area contributed by atoms with E-state index in [2.05, 4.69) is 13.8 Å². The zero-order valence-corrected chi connectivity index (χ0v) is 12.5. The highest BCUT2D eigenvalue weighted by Crippen LogP contribution is 2.41. The van der Waals surface area contributed by atoms with Gasteiger partial charge in [0.1, 0.15) is 5.82 Å². The van der Waals surface area contributed by atoms with Crippen molar-refractivity contribution >= 4 is 11.6 Å². The molecule has 1 aliphatic heterocycles. The van der Waals surface area contributed by atoms with Gasteiger partial charge in [-0.15, -0.1) is 0 Å². The van der Waals surface area contributed by atoms with E-state index in [4.69, 9.17) is 22.1 Å². The first kappa shape index (κ1) is 14.8. The topological polar surface area (TPSA) is 35.2 Å². The summed E-state index contributed by atoms with van der Waals surface area (Å²) < 4.78 is 19.3. The van der Waals surface area contributed by atoms with Gasteiger partial charge in [-0.05, 0) is 43.9 Å². The van der Waals surface area contributed by atoms with Crippen molar-refractivity contribution in [1.29, 1.82) is 0 Å². The Morgan fingerprint density at radius 3 is 2.42 bits per heavy atom. The van der Waals surface area contributed by atoms with Crippen molar-refractivity contribution in [3.63, 3.8) is 0 Å². The summed E-state index contributed by atoms with van der Waals surface area (Å²) in [6.45, 7) is 7.96. The first-order chi connectivity index (χ1) is 8.82. The molecule has 0 aliphatic carbocycles. The van der Waals surface area contributed by atoms with Gasteiger partial charge in [-0.1, -0.05) is 24.6 Å². The minimum Gasteiger partial charge on any atom is -0.375 e. The molecule has 0 amide bonds. The monoisotopic (exact) mass is 285 g/mol. The maximum absolute atomic E-state index is 13.5. The predicted octanol–water partition coefficient (Wildman–Crippen LogP) is 3.85. The van der Waals surface area contributed by atoms with Crippen molar-refractivity contribution < 1.29 is 9.13 Å². The van der Waals surface area contributed by atoms with Crippen LogP contribution in [-0.2, 0) is 4.74 Å². The van der Waals surface area contributed by atoms with Crippen LogP contribution in [0.1, 0.15) is 37.9 Å². The van der Waals surface area contributed by atoms with Crippen LogP contribution in [-0.4, -0.2) is 12.2 Å². The molecule has 1 aromatic carbocycles. The summed E-state index contributed by atoms with van der Waals surface area (Å²) in [5.74, 6) is 0.252. The molecular formula is C15H21ClFNO. The van der Waals surface area contributed by atoms with Crippen molar-refractivity contribution in [3.05, 3.63) is 34.1 Å². The van der Waals surface area contributed by atoms with Gasteiger partial charge >= 0.3 is 0 Å². The van der Waals surface area contributed by atoms with Crippen LogP contribution in [0.25, 0.3) is 0 Å². The van der Waals surface area contributed by atoms with Gasteiger partial charge in [0.05, 0.1) is 12.2 Å². The van der Waals surface area contributed by atoms with Crippen molar-refractivity contribution in [2.45, 2.75) is 45.9 Å². The van der Waals surface area contributed by atoms with E-state index in [1.165, 1.54) is 6.07 Å². The molecule has 5 unspecified atom stereocenters. The Morgan fingerprint density at radius 1 is 1.26 bits per heavy atom. The van der Waals surface area contributed by atoms with Crippen LogP contribution in [0.4, 0.5) is 4.39 Å². The Bertz CT molecular complexity index is 479. The van der Waals surface area contributed by atoms with Gasteiger partial charge in [0.15, 0.2) is 0 Å². The first-order valence-corrected chi connectivity index (χ1v) is 7.07. The fraction of sp³-hybridized carbons (Fsp3) is 0.600. The molecule has 4 heteroatoms. The quantitative estimate of drug-likeness (QED) is 0.896. The van der Waals surface area contributed by atoms with E-state index in [-0.39, 0.29) is 30.0 Å². The molecule has 1 aliphatic rings. The molecule has 2 N–H and O–H groups in total. The summed E-state index contributed by atoms with van der Waals surface area (Å²) in [4.78, 5) is 0. The van der Waals surface area contributed by atoms with Gasteiger partial charge in [-0.3, -0.25) is 0 Å². The molecule has 1 aromatic rings. The second-order valence-corrected chi connectivity index (χ2v) is 6.04. The molecule has 1 heterocycles. The van der Waals surface area contributed by atoms with E-state index in [0.29, 0.717) is 16.5 Å². The summed E-state index contributed by atoms with van der Waals surface area (Å²) in [6.07, 6.45) is 0.271. The molecular weight excluding hydrogens is 265 g/mol. The lowest BCUT2D eigenvalue weighted by molar-refractivity contribution is 0.0489. The Labute approximate surface area is 119 Å². The minimum atomic E-state index is -0.293. The highest BCUT2D eigenvalue weighted by molar-refractivity contribution is 6.31. The van der Waals surface area contributed by atoms with E-state index >= 15 is 0 Å². The molecule has 19 heavy (non-hydrogen) atoms. The second-order valence-electron chi connectivity index (χ2n) is 5.63. The normalized spacial score (nSPS) is 32.6. The largest absolute Gasteiger partial charge is 0.375 e. The van der Waals surface area contributed by atoms with E-state index in [1.807, 2.05) is 6.92 Å². The lowest BCUT2D eigenvalue weighted by Crippen LogP contribution is -2.31. The van der Waals surface area contributed by atoms with E-state index < -0.39 is 0 Å². The van der Waals surface area contributed by atoms with Gasteiger partial charge in [0, 0.05) is 17.0 Å². The van der Waals surface area contributed by atoms with Crippen LogP contribution in [0.15, 0.2) is 12.1 Å². The molecule has 0 bridgehead atoms. The van der Waals surface area contributed by atoms with Crippen molar-refractivity contribution in [3.8, 4) is 0 Å². The maximum Gasteiger partial charge on any atom is 0.127 e. The molecule has 1 saturated heterocycles. The molecule has 0 radical (unpaired) electrons. The number of hydrogen-bond acceptors (Lipinski definition) is 2. The van der Waals surface area contributed by atoms with Gasteiger partial charge in [-0.2, -0.15) is 0 Å². The number of ether oxygens (including phenoxy) is 1. The molecule has 0 saturated carbocycles. The Kier molecular flexibility index (Phi) is 4.19. The summed E-state index contributed by atoms with van der Waals surface area (Å²) in [7, 11) is 0. The summed E-state index contributed by atoms with van der Waals surface area (Å²) in [5.41, 5.74) is 7.76. The smallest absolute Gasteiger partial charge is 0.127 e. The fourth-order valence-corrected chi connectivity index (χ4v) is 3.33. The molecule has 0 aromatic heterocycles. The Hall–Kier alpha value is -0.640. The number of aryl methyl sites for hydroxylation is 1. The van der Waals surface area contributed by atoms with Crippen LogP contribution in [0.3, 0.4) is 0 Å². The van der Waals surface area contributed by atoms with Gasteiger partial charge in [0.2, 0.25) is 0 Å². The van der Waals surface area contributed by atoms with Crippen LogP contribution in [0.5, 0.6) is 0 Å². The number of hydrogen-bond donors (Lipinski definition) is 1. The highest BCUT2D eigenvalue weighted by atomic mass is 35.5. The number of benzene rings is 1. The standard InChI is InChI=1S/C15H21ClFNO/c1-7-5-11(12(16)6-13(7)17)15(18)14-8(2)9(3)19-10(14)4/h5-6,8-10,14-15H,18H2,1-4H3. The molecule has 1 fully saturated rings. The zero-order valence-electron chi connectivity index (χ0n) is 11.8. The SMILES string of the molecule is Cc1cc(C(N)C2C(C)OC(C)C2C)c(Cl)cc1F. The van der Waals surface area contributed by atoms with E-state index in [1.54, 1.807) is 13.0 Å². The maximum atomic E-state index is 13.5. The van der Waals surface area contributed by atoms with Gasteiger partial charge < -0.3 is 10.5 Å². The van der Waals surface area contributed by atoms with Crippen molar-refractivity contribution in [2.75, 3.05) is 0 Å². The summed E-state index contributed by atoms with van der Waals surface area (Å²) in [5, 5.41) is 0.398. The van der Waals surface area contributed by atoms with Crippen LogP contribution < -0.4 is 5.73 Å². The minimum absolute atomic E-state index is 0.0847. The average molecular weight is 286 g/mol. The van der Waals surface area contributed by atoms with E-state index in [9.17, 15) is 4.39 Å². The Morgan fingerprint density at radius 2 is 1.89 bits per heavy atom. The third kappa shape index (κ3) is 2.64. The highest BCUT2D eigenvalue weighted by Gasteiger charge is 2.41. The first-order valence-electron chi connectivity index (χ1n) is 6.69. The number of nitrogens with two attached hydrogens (primary N) is 1. The second kappa shape index (κ2) is 5.39. The number of rotatable bonds is 2. The van der Waals surface area contributed by atoms with Crippen molar-refractivity contribution in [1.82, 2.24) is 0 Å². The lowest BCUT2D eigenvalue weighted by Gasteiger charge is -2.27. The van der Waals surface area contributed by atoms with Gasteiger partial charge in [0.25, 0.3) is 0 Å². The molecule has 5 atom stereocenters. The molecule has 2 nitrogen and oxygen atoms in total. The predicted molar refractivity (Wildman–Crippen MR) is 75.7 cm³/mol. The number of halogens is 2. The average Bonchev–Trinajstić information content (AvgIpc) is 2.57. The summed E-state index contributed by atoms with van der Waals surface area (Å²) in [6, 6.07) is 2.87. The van der Waals surface area contributed by atoms with Crippen LogP contribution >= 0.6 is 11.6 Å². The third-order valence-electron chi connectivity index (χ3n) is 4.37. The Balaban J connectivity index is 2.34. The van der Waals surface area contributed by atoms with Crippen molar-refractivity contribution in [2.24, 2.45) is 17.6 Å². The lowest BCUT2D eigenvalue weighted by atomic mass is 9.80. The third-order valence-corrected chi connectivity index (χ3v) is 4.70. The molecule has 2 rings (SSSR count). The summed E-state index contributed by atoms with van der Waals surface area (Å²) >= 11 is 6.15. The molecule has 106 valence electrons. The van der Waals surface area contributed by atoms with E-state index in [0.717, 1.165) is 5.56 Å².